The van der Waals surface area contributed by atoms with Crippen LogP contribution in [0.2, 0.25) is 0 Å². The van der Waals surface area contributed by atoms with Gasteiger partial charge < -0.3 is 14.8 Å². The van der Waals surface area contributed by atoms with Crippen LogP contribution in [-0.4, -0.2) is 73.0 Å². The van der Waals surface area contributed by atoms with Crippen LogP contribution in [0.15, 0.2) is 18.2 Å². The van der Waals surface area contributed by atoms with Gasteiger partial charge in [0.05, 0.1) is 31.2 Å². The molecule has 9 nitrogen and oxygen atoms in total. The van der Waals surface area contributed by atoms with Gasteiger partial charge >= 0.3 is 0 Å². The molecular formula is C18H25N5O4S2. The molecule has 2 saturated heterocycles. The number of hydrogen-bond acceptors (Lipinski definition) is 8. The Balaban J connectivity index is 1.48. The largest absolute Gasteiger partial charge is 0.379 e. The molecule has 29 heavy (non-hydrogen) atoms. The first-order chi connectivity index (χ1) is 13.9. The van der Waals surface area contributed by atoms with Gasteiger partial charge in [-0.3, -0.25) is 0 Å². The second-order valence-corrected chi connectivity index (χ2v) is 10.1. The highest BCUT2D eigenvalue weighted by Crippen LogP contribution is 2.27. The number of aromatic nitrogens is 2. The number of morpholine rings is 2. The molecule has 0 aliphatic carbocycles. The lowest BCUT2D eigenvalue weighted by Crippen LogP contribution is -2.52. The summed E-state index contributed by atoms with van der Waals surface area (Å²) < 4.78 is 40.0. The van der Waals surface area contributed by atoms with E-state index < -0.39 is 16.3 Å². The Bertz CT molecular complexity index is 939. The number of hydrogen-bond donors (Lipinski definition) is 1. The molecule has 2 fully saturated rings. The lowest BCUT2D eigenvalue weighted by molar-refractivity contribution is -0.00837. The summed E-state index contributed by atoms with van der Waals surface area (Å²) in [6, 6.07) is 5.61. The SMILES string of the molecule is Cc1nc(Nc2cccc(C3CN(S(=O)(=O)N4CCOCC4)CCO3)n2)sc1C. The normalized spacial score (nSPS) is 21.9. The van der Waals surface area contributed by atoms with Crippen LogP contribution in [0.4, 0.5) is 10.9 Å². The van der Waals surface area contributed by atoms with Gasteiger partial charge in [-0.25, -0.2) is 9.97 Å². The third kappa shape index (κ3) is 4.60. The highest BCUT2D eigenvalue weighted by Gasteiger charge is 2.35. The Morgan fingerprint density at radius 3 is 2.59 bits per heavy atom. The molecule has 1 N–H and O–H groups in total. The predicted octanol–water partition coefficient (Wildman–Crippen LogP) is 1.85. The minimum Gasteiger partial charge on any atom is -0.379 e. The molecule has 0 spiro atoms. The topological polar surface area (TPSA) is 96.9 Å². The minimum atomic E-state index is -3.53. The van der Waals surface area contributed by atoms with E-state index in [4.69, 9.17) is 9.47 Å². The Hall–Kier alpha value is -1.63. The fourth-order valence-corrected chi connectivity index (χ4v) is 5.68. The number of nitrogens with zero attached hydrogens (tertiary/aromatic N) is 4. The van der Waals surface area contributed by atoms with Crippen LogP contribution >= 0.6 is 11.3 Å². The first-order valence-electron chi connectivity index (χ1n) is 9.56. The lowest BCUT2D eigenvalue weighted by Gasteiger charge is -2.36. The van der Waals surface area contributed by atoms with Crippen molar-refractivity contribution in [2.75, 3.05) is 51.3 Å². The average molecular weight is 440 g/mol. The van der Waals surface area contributed by atoms with Crippen LogP contribution in [0.1, 0.15) is 22.4 Å². The van der Waals surface area contributed by atoms with Gasteiger partial charge in [0.2, 0.25) is 0 Å². The van der Waals surface area contributed by atoms with E-state index in [1.54, 1.807) is 11.3 Å². The zero-order valence-electron chi connectivity index (χ0n) is 16.5. The maximum Gasteiger partial charge on any atom is 0.282 e. The van der Waals surface area contributed by atoms with Crippen molar-refractivity contribution in [3.8, 4) is 0 Å². The first-order valence-corrected chi connectivity index (χ1v) is 11.8. The molecular weight excluding hydrogens is 414 g/mol. The first kappa shape index (κ1) is 20.6. The summed E-state index contributed by atoms with van der Waals surface area (Å²) in [5.41, 5.74) is 1.69. The van der Waals surface area contributed by atoms with Crippen molar-refractivity contribution in [2.45, 2.75) is 20.0 Å². The van der Waals surface area contributed by atoms with Crippen molar-refractivity contribution in [2.24, 2.45) is 0 Å². The van der Waals surface area contributed by atoms with E-state index in [2.05, 4.69) is 15.3 Å². The van der Waals surface area contributed by atoms with Crippen LogP contribution in [0.3, 0.4) is 0 Å². The minimum absolute atomic E-state index is 0.242. The summed E-state index contributed by atoms with van der Waals surface area (Å²) in [5, 5.41) is 4.01. The molecule has 0 bridgehead atoms. The molecule has 2 aliphatic heterocycles. The second-order valence-electron chi connectivity index (χ2n) is 6.97. The maximum atomic E-state index is 13.0. The van der Waals surface area contributed by atoms with Gasteiger partial charge in [0, 0.05) is 31.1 Å². The van der Waals surface area contributed by atoms with Gasteiger partial charge in [-0.2, -0.15) is 17.0 Å². The molecule has 0 aromatic carbocycles. The van der Waals surface area contributed by atoms with Gasteiger partial charge in [-0.05, 0) is 26.0 Å². The van der Waals surface area contributed by atoms with E-state index in [0.29, 0.717) is 51.0 Å². The fourth-order valence-electron chi connectivity index (χ4n) is 3.29. The molecule has 158 valence electrons. The Morgan fingerprint density at radius 2 is 1.86 bits per heavy atom. The van der Waals surface area contributed by atoms with Crippen LogP contribution < -0.4 is 5.32 Å². The summed E-state index contributed by atoms with van der Waals surface area (Å²) in [7, 11) is -3.53. The molecule has 11 heteroatoms. The van der Waals surface area contributed by atoms with Crippen LogP contribution in [0, 0.1) is 13.8 Å². The molecule has 4 rings (SSSR count). The van der Waals surface area contributed by atoms with Crippen LogP contribution in [0.5, 0.6) is 0 Å². The van der Waals surface area contributed by atoms with Crippen molar-refractivity contribution in [3.63, 3.8) is 0 Å². The van der Waals surface area contributed by atoms with Crippen molar-refractivity contribution in [3.05, 3.63) is 34.5 Å². The molecule has 4 heterocycles. The molecule has 1 unspecified atom stereocenters. The van der Waals surface area contributed by atoms with Gasteiger partial charge in [-0.15, -0.1) is 11.3 Å². The summed E-state index contributed by atoms with van der Waals surface area (Å²) in [4.78, 5) is 10.3. The summed E-state index contributed by atoms with van der Waals surface area (Å²) in [6.07, 6.45) is -0.416. The van der Waals surface area contributed by atoms with Crippen LogP contribution in [-0.2, 0) is 19.7 Å². The number of thiazole rings is 1. The Morgan fingerprint density at radius 1 is 1.10 bits per heavy atom. The second kappa shape index (κ2) is 8.62. The van der Waals surface area contributed by atoms with Crippen molar-refractivity contribution < 1.29 is 17.9 Å². The van der Waals surface area contributed by atoms with Gasteiger partial charge in [0.25, 0.3) is 10.2 Å². The highest BCUT2D eigenvalue weighted by molar-refractivity contribution is 7.86. The number of aryl methyl sites for hydroxylation is 2. The van der Waals surface area contributed by atoms with Gasteiger partial charge in [-0.1, -0.05) is 6.07 Å². The number of anilines is 2. The van der Waals surface area contributed by atoms with Crippen molar-refractivity contribution in [1.29, 1.82) is 0 Å². The van der Waals surface area contributed by atoms with E-state index in [1.807, 2.05) is 32.0 Å². The van der Waals surface area contributed by atoms with Gasteiger partial charge in [0.15, 0.2) is 5.13 Å². The smallest absolute Gasteiger partial charge is 0.282 e. The third-order valence-electron chi connectivity index (χ3n) is 5.02. The molecule has 0 radical (unpaired) electrons. The molecule has 2 aliphatic rings. The monoisotopic (exact) mass is 439 g/mol. The Labute approximate surface area is 174 Å². The average Bonchev–Trinajstić information content (AvgIpc) is 3.05. The summed E-state index contributed by atoms with van der Waals surface area (Å²) >= 11 is 1.57. The van der Waals surface area contributed by atoms with Crippen molar-refractivity contribution >= 4 is 32.5 Å². The van der Waals surface area contributed by atoms with E-state index in [0.717, 1.165) is 15.7 Å². The summed E-state index contributed by atoms with van der Waals surface area (Å²) in [5.74, 6) is 0.660. The van der Waals surface area contributed by atoms with E-state index in [1.165, 1.54) is 8.61 Å². The third-order valence-corrected chi connectivity index (χ3v) is 8.01. The zero-order valence-corrected chi connectivity index (χ0v) is 18.1. The predicted molar refractivity (Wildman–Crippen MR) is 111 cm³/mol. The van der Waals surface area contributed by atoms with E-state index in [9.17, 15) is 8.42 Å². The number of ether oxygens (including phenoxy) is 2. The highest BCUT2D eigenvalue weighted by atomic mass is 32.2. The quantitative estimate of drug-likeness (QED) is 0.759. The standard InChI is InChI=1S/C18H25N5O4S2/c1-13-14(2)28-18(19-13)21-17-5-3-4-15(20-17)16-12-23(8-11-27-16)29(24,25)22-6-9-26-10-7-22/h3-5,16H,6-12H2,1-2H3,(H,19,20,21). The van der Waals surface area contributed by atoms with Crippen molar-refractivity contribution in [1.82, 2.24) is 18.6 Å². The molecule has 0 saturated carbocycles. The number of nitrogens with one attached hydrogen (secondary N) is 1. The number of rotatable bonds is 5. The lowest BCUT2D eigenvalue weighted by atomic mass is 10.2. The van der Waals surface area contributed by atoms with E-state index >= 15 is 0 Å². The molecule has 2 aromatic rings. The van der Waals surface area contributed by atoms with Gasteiger partial charge in [0.1, 0.15) is 11.9 Å². The fraction of sp³-hybridized carbons (Fsp3) is 0.556. The van der Waals surface area contributed by atoms with E-state index in [-0.39, 0.29) is 6.54 Å². The Kier molecular flexibility index (Phi) is 6.13. The molecule has 1 atom stereocenters. The summed E-state index contributed by atoms with van der Waals surface area (Å²) in [6.45, 7) is 6.54. The molecule has 0 amide bonds. The van der Waals surface area contributed by atoms with Crippen LogP contribution in [0.25, 0.3) is 0 Å². The maximum absolute atomic E-state index is 13.0. The number of pyridine rings is 1. The zero-order chi connectivity index (χ0) is 20.4. The molecule has 2 aromatic heterocycles.